The monoisotopic (exact) mass is 387 g/mol. The van der Waals surface area contributed by atoms with E-state index in [2.05, 4.69) is 10.3 Å². The van der Waals surface area contributed by atoms with E-state index >= 15 is 0 Å². The Kier molecular flexibility index (Phi) is 8.16. The van der Waals surface area contributed by atoms with Crippen LogP contribution < -0.4 is 5.32 Å². The van der Waals surface area contributed by atoms with E-state index in [0.29, 0.717) is 6.04 Å². The highest BCUT2D eigenvalue weighted by Crippen LogP contribution is 2.23. The van der Waals surface area contributed by atoms with Crippen LogP contribution in [0.5, 0.6) is 0 Å². The van der Waals surface area contributed by atoms with Gasteiger partial charge in [0.25, 0.3) is 5.91 Å². The zero-order chi connectivity index (χ0) is 15.5. The van der Waals surface area contributed by atoms with Gasteiger partial charge >= 0.3 is 0 Å². The number of carbonyl (C=O) groups excluding carboxylic acids is 1. The number of hydrogen-bond acceptors (Lipinski definition) is 4. The topological polar surface area (TPSA) is 45.2 Å². The van der Waals surface area contributed by atoms with Crippen molar-refractivity contribution in [3.05, 3.63) is 40.2 Å². The number of likely N-dealkylation sites (tertiary alicyclic amines) is 1. The average Bonchev–Trinajstić information content (AvgIpc) is 3.01. The number of aromatic nitrogens is 1. The fourth-order valence-electron chi connectivity index (χ4n) is 2.89. The Bertz CT molecular complexity index is 677. The molecular formula is C17H23Cl2N3OS. The maximum atomic E-state index is 12.7. The van der Waals surface area contributed by atoms with Crippen molar-refractivity contribution >= 4 is 42.1 Å². The molecule has 2 heterocycles. The van der Waals surface area contributed by atoms with Crippen LogP contribution >= 0.6 is 36.2 Å². The molecule has 1 aliphatic heterocycles. The molecule has 0 spiro atoms. The highest BCUT2D eigenvalue weighted by molar-refractivity contribution is 7.09. The standard InChI is InChI=1S/C17H21N3OS.2ClH/c1-12-19-16(11-22-12)13-5-3-6-14(9-13)17(21)20-8-4-7-15(10-20)18-2;;/h3,5-6,9,11,15,18H,4,7-8,10H2,1-2H3;2*1H. The number of nitrogens with zero attached hydrogens (tertiary/aromatic N) is 2. The van der Waals surface area contributed by atoms with E-state index in [9.17, 15) is 4.79 Å². The fraction of sp³-hybridized carbons (Fsp3) is 0.412. The molecule has 1 fully saturated rings. The molecule has 1 aromatic heterocycles. The number of aryl methyl sites for hydroxylation is 1. The average molecular weight is 388 g/mol. The van der Waals surface area contributed by atoms with Gasteiger partial charge in [0.15, 0.2) is 0 Å². The summed E-state index contributed by atoms with van der Waals surface area (Å²) >= 11 is 1.63. The second-order valence-electron chi connectivity index (χ2n) is 5.71. The summed E-state index contributed by atoms with van der Waals surface area (Å²) in [6, 6.07) is 8.21. The van der Waals surface area contributed by atoms with Gasteiger partial charge < -0.3 is 10.2 Å². The molecule has 1 unspecified atom stereocenters. The van der Waals surface area contributed by atoms with E-state index in [1.807, 2.05) is 48.5 Å². The van der Waals surface area contributed by atoms with Gasteiger partial charge in [0.2, 0.25) is 0 Å². The number of rotatable bonds is 3. The number of carbonyl (C=O) groups is 1. The van der Waals surface area contributed by atoms with Crippen molar-refractivity contribution in [2.45, 2.75) is 25.8 Å². The minimum absolute atomic E-state index is 0. The predicted octanol–water partition coefficient (Wildman–Crippen LogP) is 3.79. The SMILES string of the molecule is CNC1CCCN(C(=O)c2cccc(-c3csc(C)n3)c2)C1.Cl.Cl. The molecule has 7 heteroatoms. The number of hydrogen-bond donors (Lipinski definition) is 1. The summed E-state index contributed by atoms with van der Waals surface area (Å²) in [7, 11) is 1.96. The summed E-state index contributed by atoms with van der Waals surface area (Å²) < 4.78 is 0. The number of likely N-dealkylation sites (N-methyl/N-ethyl adjacent to an activating group) is 1. The van der Waals surface area contributed by atoms with Crippen LogP contribution in [0.2, 0.25) is 0 Å². The summed E-state index contributed by atoms with van der Waals surface area (Å²) in [5.41, 5.74) is 2.71. The van der Waals surface area contributed by atoms with Crippen LogP contribution in [-0.4, -0.2) is 42.0 Å². The van der Waals surface area contributed by atoms with E-state index in [1.165, 1.54) is 0 Å². The van der Waals surface area contributed by atoms with Crippen molar-refractivity contribution in [1.29, 1.82) is 0 Å². The lowest BCUT2D eigenvalue weighted by molar-refractivity contribution is 0.0698. The van der Waals surface area contributed by atoms with Gasteiger partial charge in [0, 0.05) is 35.6 Å². The smallest absolute Gasteiger partial charge is 0.253 e. The molecule has 1 atom stereocenters. The molecule has 1 N–H and O–H groups in total. The molecule has 0 saturated carbocycles. The molecule has 2 aromatic rings. The molecule has 1 amide bonds. The predicted molar refractivity (Wildman–Crippen MR) is 105 cm³/mol. The highest BCUT2D eigenvalue weighted by Gasteiger charge is 2.23. The Labute approximate surface area is 159 Å². The highest BCUT2D eigenvalue weighted by atomic mass is 35.5. The fourth-order valence-corrected chi connectivity index (χ4v) is 3.51. The molecule has 3 rings (SSSR count). The van der Waals surface area contributed by atoms with Crippen molar-refractivity contribution in [2.24, 2.45) is 0 Å². The number of halogens is 2. The van der Waals surface area contributed by atoms with Gasteiger partial charge in [0.05, 0.1) is 10.7 Å². The lowest BCUT2D eigenvalue weighted by Crippen LogP contribution is -2.46. The number of amides is 1. The molecule has 4 nitrogen and oxygen atoms in total. The van der Waals surface area contributed by atoms with E-state index in [4.69, 9.17) is 0 Å². The molecule has 1 aliphatic rings. The molecule has 1 aromatic carbocycles. The zero-order valence-electron chi connectivity index (χ0n) is 13.8. The van der Waals surface area contributed by atoms with Crippen LogP contribution in [0.3, 0.4) is 0 Å². The summed E-state index contributed by atoms with van der Waals surface area (Å²) in [4.78, 5) is 19.2. The third-order valence-corrected chi connectivity index (χ3v) is 4.91. The Hall–Kier alpha value is -1.14. The van der Waals surface area contributed by atoms with Crippen molar-refractivity contribution in [3.8, 4) is 11.3 Å². The van der Waals surface area contributed by atoms with Crippen LogP contribution in [0.15, 0.2) is 29.6 Å². The van der Waals surface area contributed by atoms with Gasteiger partial charge in [-0.1, -0.05) is 12.1 Å². The first-order valence-electron chi connectivity index (χ1n) is 7.66. The molecule has 0 bridgehead atoms. The van der Waals surface area contributed by atoms with Gasteiger partial charge in [-0.15, -0.1) is 36.2 Å². The van der Waals surface area contributed by atoms with Crippen molar-refractivity contribution in [1.82, 2.24) is 15.2 Å². The lowest BCUT2D eigenvalue weighted by atomic mass is 10.0. The summed E-state index contributed by atoms with van der Waals surface area (Å²) in [6.07, 6.45) is 2.20. The van der Waals surface area contributed by atoms with E-state index in [0.717, 1.165) is 47.8 Å². The van der Waals surface area contributed by atoms with Crippen LogP contribution in [-0.2, 0) is 0 Å². The molecule has 1 saturated heterocycles. The van der Waals surface area contributed by atoms with E-state index in [-0.39, 0.29) is 30.7 Å². The van der Waals surface area contributed by atoms with E-state index in [1.54, 1.807) is 11.3 Å². The Morgan fingerprint density at radius 2 is 2.17 bits per heavy atom. The van der Waals surface area contributed by atoms with Crippen molar-refractivity contribution < 1.29 is 4.79 Å². The Morgan fingerprint density at radius 1 is 1.38 bits per heavy atom. The van der Waals surface area contributed by atoms with Gasteiger partial charge in [-0.3, -0.25) is 4.79 Å². The van der Waals surface area contributed by atoms with Crippen molar-refractivity contribution in [3.63, 3.8) is 0 Å². The zero-order valence-corrected chi connectivity index (χ0v) is 16.3. The second-order valence-corrected chi connectivity index (χ2v) is 6.77. The molecule has 0 radical (unpaired) electrons. The van der Waals surface area contributed by atoms with Crippen LogP contribution in [0.4, 0.5) is 0 Å². The van der Waals surface area contributed by atoms with Crippen molar-refractivity contribution in [2.75, 3.05) is 20.1 Å². The molecule has 132 valence electrons. The van der Waals surface area contributed by atoms with E-state index < -0.39 is 0 Å². The molecular weight excluding hydrogens is 365 g/mol. The largest absolute Gasteiger partial charge is 0.337 e. The van der Waals surface area contributed by atoms with Crippen LogP contribution in [0.25, 0.3) is 11.3 Å². The first-order chi connectivity index (χ1) is 10.7. The van der Waals surface area contributed by atoms with Gasteiger partial charge in [-0.05, 0) is 38.9 Å². The Morgan fingerprint density at radius 3 is 2.83 bits per heavy atom. The molecule has 0 aliphatic carbocycles. The lowest BCUT2D eigenvalue weighted by Gasteiger charge is -2.32. The Balaban J connectivity index is 0.00000144. The number of nitrogens with one attached hydrogen (secondary N) is 1. The number of thiazole rings is 1. The summed E-state index contributed by atoms with van der Waals surface area (Å²) in [5.74, 6) is 0.119. The van der Waals surface area contributed by atoms with Gasteiger partial charge in [-0.25, -0.2) is 4.98 Å². The summed E-state index contributed by atoms with van der Waals surface area (Å²) in [6.45, 7) is 3.63. The number of piperidine rings is 1. The maximum absolute atomic E-state index is 12.7. The maximum Gasteiger partial charge on any atom is 0.253 e. The van der Waals surface area contributed by atoms with Crippen LogP contribution in [0.1, 0.15) is 28.2 Å². The minimum atomic E-state index is 0. The first kappa shape index (κ1) is 20.9. The normalized spacial score (nSPS) is 16.9. The van der Waals surface area contributed by atoms with Crippen LogP contribution in [0, 0.1) is 6.92 Å². The van der Waals surface area contributed by atoms with Gasteiger partial charge in [0.1, 0.15) is 0 Å². The first-order valence-corrected chi connectivity index (χ1v) is 8.54. The number of benzene rings is 1. The summed E-state index contributed by atoms with van der Waals surface area (Å²) in [5, 5.41) is 6.36. The quantitative estimate of drug-likeness (QED) is 0.870. The minimum Gasteiger partial charge on any atom is -0.337 e. The van der Waals surface area contributed by atoms with Gasteiger partial charge in [-0.2, -0.15) is 0 Å². The second kappa shape index (κ2) is 9.37. The third-order valence-electron chi connectivity index (χ3n) is 4.14. The molecule has 24 heavy (non-hydrogen) atoms. The third kappa shape index (κ3) is 4.70.